The van der Waals surface area contributed by atoms with Gasteiger partial charge in [0.1, 0.15) is 17.3 Å². The summed E-state index contributed by atoms with van der Waals surface area (Å²) in [6.45, 7) is 3.72. The van der Waals surface area contributed by atoms with Crippen molar-refractivity contribution in [3.05, 3.63) is 59.7 Å². The number of hydrogen-bond acceptors (Lipinski definition) is 3. The summed E-state index contributed by atoms with van der Waals surface area (Å²) in [5.74, 6) is 1.03. The van der Waals surface area contributed by atoms with E-state index in [1.54, 1.807) is 18.3 Å². The molecule has 106 valence electrons. The maximum Gasteiger partial charge on any atom is 0.135 e. The molecule has 2 aromatic carbocycles. The molecule has 0 amide bonds. The van der Waals surface area contributed by atoms with Gasteiger partial charge in [0.25, 0.3) is 0 Å². The summed E-state index contributed by atoms with van der Waals surface area (Å²) < 4.78 is 19.1. The first-order valence-electron chi connectivity index (χ1n) is 6.63. The highest BCUT2D eigenvalue weighted by atomic mass is 19.1. The number of pyridine rings is 1. The molecule has 4 heteroatoms. The summed E-state index contributed by atoms with van der Waals surface area (Å²) in [4.78, 5) is 4.26. The number of nitrogen functional groups attached to an aromatic ring is 1. The number of ether oxygens (including phenoxy) is 1. The molecule has 0 atom stereocenters. The highest BCUT2D eigenvalue weighted by Gasteiger charge is 2.09. The number of rotatable bonds is 2. The Morgan fingerprint density at radius 1 is 1.00 bits per heavy atom. The second-order valence-corrected chi connectivity index (χ2v) is 5.04. The van der Waals surface area contributed by atoms with Crippen LogP contribution in [0.1, 0.15) is 11.3 Å². The lowest BCUT2D eigenvalue weighted by molar-refractivity contribution is 0.482. The molecule has 0 fully saturated rings. The van der Waals surface area contributed by atoms with E-state index in [9.17, 15) is 4.39 Å². The van der Waals surface area contributed by atoms with E-state index in [0.29, 0.717) is 17.2 Å². The predicted octanol–water partition coefficient (Wildman–Crippen LogP) is 4.37. The molecule has 3 nitrogen and oxygen atoms in total. The van der Waals surface area contributed by atoms with Crippen LogP contribution in [0.4, 0.5) is 10.1 Å². The van der Waals surface area contributed by atoms with Crippen LogP contribution in [-0.4, -0.2) is 4.98 Å². The van der Waals surface area contributed by atoms with Crippen LogP contribution >= 0.6 is 0 Å². The lowest BCUT2D eigenvalue weighted by atomic mass is 10.1. The Morgan fingerprint density at radius 2 is 1.76 bits per heavy atom. The van der Waals surface area contributed by atoms with Crippen LogP contribution in [0.2, 0.25) is 0 Å². The van der Waals surface area contributed by atoms with Crippen LogP contribution in [0.25, 0.3) is 10.8 Å². The number of aryl methyl sites for hydroxylation is 2. The number of anilines is 1. The van der Waals surface area contributed by atoms with E-state index in [2.05, 4.69) is 4.98 Å². The third-order valence-corrected chi connectivity index (χ3v) is 3.39. The van der Waals surface area contributed by atoms with Gasteiger partial charge in [0.05, 0.1) is 0 Å². The van der Waals surface area contributed by atoms with Gasteiger partial charge in [0, 0.05) is 28.4 Å². The van der Waals surface area contributed by atoms with Gasteiger partial charge >= 0.3 is 0 Å². The molecular formula is C17H15FN2O. The molecular weight excluding hydrogens is 267 g/mol. The van der Waals surface area contributed by atoms with E-state index in [-0.39, 0.29) is 5.82 Å². The predicted molar refractivity (Wildman–Crippen MR) is 82.1 cm³/mol. The minimum Gasteiger partial charge on any atom is -0.456 e. The van der Waals surface area contributed by atoms with Crippen molar-refractivity contribution in [2.45, 2.75) is 13.8 Å². The first-order chi connectivity index (χ1) is 10.0. The number of halogens is 1. The third kappa shape index (κ3) is 2.52. The summed E-state index contributed by atoms with van der Waals surface area (Å²) in [7, 11) is 0. The van der Waals surface area contributed by atoms with Crippen LogP contribution in [-0.2, 0) is 0 Å². The van der Waals surface area contributed by atoms with Gasteiger partial charge in [0.15, 0.2) is 0 Å². The van der Waals surface area contributed by atoms with Crippen molar-refractivity contribution in [3.8, 4) is 11.5 Å². The molecule has 1 aromatic heterocycles. The van der Waals surface area contributed by atoms with Crippen molar-refractivity contribution in [1.82, 2.24) is 4.98 Å². The van der Waals surface area contributed by atoms with Gasteiger partial charge in [-0.1, -0.05) is 0 Å². The van der Waals surface area contributed by atoms with Gasteiger partial charge in [-0.15, -0.1) is 0 Å². The lowest BCUT2D eigenvalue weighted by Gasteiger charge is -2.12. The maximum absolute atomic E-state index is 13.2. The first kappa shape index (κ1) is 13.4. The summed E-state index contributed by atoms with van der Waals surface area (Å²) >= 11 is 0. The van der Waals surface area contributed by atoms with Crippen LogP contribution < -0.4 is 10.5 Å². The lowest BCUT2D eigenvalue weighted by Crippen LogP contribution is -1.94. The standard InChI is InChI=1S/C17H15FN2O/c1-10-7-12(18)3-5-16(10)21-17-6-4-15(19)14-9-20-11(2)8-13(14)17/h3-9H,19H2,1-2H3. The van der Waals surface area contributed by atoms with Crippen LogP contribution in [0, 0.1) is 19.7 Å². The molecule has 0 unspecified atom stereocenters. The van der Waals surface area contributed by atoms with Crippen LogP contribution in [0.5, 0.6) is 11.5 Å². The van der Waals surface area contributed by atoms with Crippen LogP contribution in [0.15, 0.2) is 42.6 Å². The Hall–Kier alpha value is -2.62. The van der Waals surface area contributed by atoms with E-state index in [1.807, 2.05) is 26.0 Å². The molecule has 0 aliphatic rings. The highest BCUT2D eigenvalue weighted by Crippen LogP contribution is 2.34. The Balaban J connectivity index is 2.12. The minimum atomic E-state index is -0.276. The van der Waals surface area contributed by atoms with E-state index in [0.717, 1.165) is 22.0 Å². The van der Waals surface area contributed by atoms with Crippen molar-refractivity contribution in [2.75, 3.05) is 5.73 Å². The monoisotopic (exact) mass is 282 g/mol. The Labute approximate surface area is 122 Å². The van der Waals surface area contributed by atoms with Gasteiger partial charge < -0.3 is 10.5 Å². The molecule has 0 spiro atoms. The fourth-order valence-electron chi connectivity index (χ4n) is 2.27. The summed E-state index contributed by atoms with van der Waals surface area (Å²) in [6, 6.07) is 9.99. The van der Waals surface area contributed by atoms with Gasteiger partial charge in [0.2, 0.25) is 0 Å². The number of fused-ring (bicyclic) bond motifs is 1. The van der Waals surface area contributed by atoms with E-state index in [4.69, 9.17) is 10.5 Å². The van der Waals surface area contributed by atoms with E-state index < -0.39 is 0 Å². The summed E-state index contributed by atoms with van der Waals surface area (Å²) in [5.41, 5.74) is 8.25. The summed E-state index contributed by atoms with van der Waals surface area (Å²) in [6.07, 6.45) is 1.74. The van der Waals surface area contributed by atoms with Gasteiger partial charge in [-0.2, -0.15) is 0 Å². The molecule has 0 radical (unpaired) electrons. The molecule has 3 aromatic rings. The highest BCUT2D eigenvalue weighted by molar-refractivity contribution is 5.96. The molecule has 0 aliphatic carbocycles. The normalized spacial score (nSPS) is 10.8. The number of aromatic nitrogens is 1. The minimum absolute atomic E-state index is 0.276. The maximum atomic E-state index is 13.2. The van der Waals surface area contributed by atoms with Crippen molar-refractivity contribution in [3.63, 3.8) is 0 Å². The molecule has 2 N–H and O–H groups in total. The fraction of sp³-hybridized carbons (Fsp3) is 0.118. The largest absolute Gasteiger partial charge is 0.456 e. The number of nitrogens with two attached hydrogens (primary N) is 1. The second-order valence-electron chi connectivity index (χ2n) is 5.04. The summed E-state index contributed by atoms with van der Waals surface area (Å²) in [5, 5.41) is 1.74. The SMILES string of the molecule is Cc1cc2c(Oc3ccc(F)cc3C)ccc(N)c2cn1. The number of hydrogen-bond donors (Lipinski definition) is 1. The molecule has 0 bridgehead atoms. The number of nitrogens with zero attached hydrogens (tertiary/aromatic N) is 1. The molecule has 0 saturated heterocycles. The molecule has 21 heavy (non-hydrogen) atoms. The average molecular weight is 282 g/mol. The topological polar surface area (TPSA) is 48.1 Å². The second kappa shape index (κ2) is 5.05. The zero-order chi connectivity index (χ0) is 15.0. The van der Waals surface area contributed by atoms with E-state index in [1.165, 1.54) is 12.1 Å². The number of benzene rings is 2. The molecule has 0 aliphatic heterocycles. The Morgan fingerprint density at radius 3 is 2.52 bits per heavy atom. The van der Waals surface area contributed by atoms with Crippen molar-refractivity contribution < 1.29 is 9.13 Å². The average Bonchev–Trinajstić information content (AvgIpc) is 2.44. The molecule has 3 rings (SSSR count). The Kier molecular flexibility index (Phi) is 3.22. The zero-order valence-electron chi connectivity index (χ0n) is 11.9. The van der Waals surface area contributed by atoms with Gasteiger partial charge in [-0.3, -0.25) is 4.98 Å². The fourth-order valence-corrected chi connectivity index (χ4v) is 2.27. The van der Waals surface area contributed by atoms with Crippen molar-refractivity contribution in [2.24, 2.45) is 0 Å². The Bertz CT molecular complexity index is 830. The van der Waals surface area contributed by atoms with Crippen molar-refractivity contribution >= 4 is 16.5 Å². The smallest absolute Gasteiger partial charge is 0.135 e. The van der Waals surface area contributed by atoms with E-state index >= 15 is 0 Å². The van der Waals surface area contributed by atoms with Crippen LogP contribution in [0.3, 0.4) is 0 Å². The zero-order valence-corrected chi connectivity index (χ0v) is 11.9. The molecule has 0 saturated carbocycles. The first-order valence-corrected chi connectivity index (χ1v) is 6.63. The molecule has 1 heterocycles. The van der Waals surface area contributed by atoms with Gasteiger partial charge in [-0.25, -0.2) is 4.39 Å². The van der Waals surface area contributed by atoms with Gasteiger partial charge in [-0.05, 0) is 55.8 Å². The quantitative estimate of drug-likeness (QED) is 0.710. The van der Waals surface area contributed by atoms with Crippen molar-refractivity contribution in [1.29, 1.82) is 0 Å². The third-order valence-electron chi connectivity index (χ3n) is 3.39.